The van der Waals surface area contributed by atoms with Crippen LogP contribution in [0, 0.1) is 6.92 Å². The normalized spacial score (nSPS) is 14.3. The molecule has 0 saturated heterocycles. The number of aryl methyl sites for hydroxylation is 1. The van der Waals surface area contributed by atoms with E-state index in [1.54, 1.807) is 6.20 Å². The van der Waals surface area contributed by atoms with Gasteiger partial charge < -0.3 is 10.1 Å². The maximum Gasteiger partial charge on any atom is 0.255 e. The quantitative estimate of drug-likeness (QED) is 0.713. The van der Waals surface area contributed by atoms with Gasteiger partial charge in [0, 0.05) is 17.5 Å². The summed E-state index contributed by atoms with van der Waals surface area (Å²) in [5, 5.41) is 7.27. The first-order chi connectivity index (χ1) is 13.2. The SMILES string of the molecule is Cc1ccnn1-c1ccc(C(=O)Nc2ccccc2OC2CCCC2)cc1. The van der Waals surface area contributed by atoms with Crippen LogP contribution < -0.4 is 10.1 Å². The number of hydrogen-bond donors (Lipinski definition) is 1. The average molecular weight is 361 g/mol. The maximum absolute atomic E-state index is 12.7. The lowest BCUT2D eigenvalue weighted by atomic mass is 10.2. The van der Waals surface area contributed by atoms with Crippen LogP contribution in [-0.2, 0) is 0 Å². The third-order valence-corrected chi connectivity index (χ3v) is 4.94. The monoisotopic (exact) mass is 361 g/mol. The Balaban J connectivity index is 1.48. The predicted molar refractivity (Wildman–Crippen MR) is 106 cm³/mol. The van der Waals surface area contributed by atoms with E-state index in [1.807, 2.05) is 66.2 Å². The first-order valence-corrected chi connectivity index (χ1v) is 9.39. The van der Waals surface area contributed by atoms with Crippen LogP contribution in [0.2, 0.25) is 0 Å². The number of carbonyl (C=O) groups excluding carboxylic acids is 1. The molecule has 0 radical (unpaired) electrons. The van der Waals surface area contributed by atoms with E-state index >= 15 is 0 Å². The summed E-state index contributed by atoms with van der Waals surface area (Å²) in [6, 6.07) is 17.0. The molecule has 0 spiro atoms. The fraction of sp³-hybridized carbons (Fsp3) is 0.273. The summed E-state index contributed by atoms with van der Waals surface area (Å²) in [4.78, 5) is 12.7. The standard InChI is InChI=1S/C22H23N3O2/c1-16-14-15-23-25(16)18-12-10-17(11-13-18)22(26)24-20-8-4-5-9-21(20)27-19-6-2-3-7-19/h4-5,8-15,19H,2-3,6-7H2,1H3,(H,24,26). The van der Waals surface area contributed by atoms with Crippen LogP contribution in [0.4, 0.5) is 5.69 Å². The number of hydrogen-bond acceptors (Lipinski definition) is 3. The largest absolute Gasteiger partial charge is 0.488 e. The van der Waals surface area contributed by atoms with Crippen molar-refractivity contribution >= 4 is 11.6 Å². The topological polar surface area (TPSA) is 56.2 Å². The third-order valence-electron chi connectivity index (χ3n) is 4.94. The van der Waals surface area contributed by atoms with Gasteiger partial charge in [-0.3, -0.25) is 4.79 Å². The molecule has 1 fully saturated rings. The zero-order valence-corrected chi connectivity index (χ0v) is 15.4. The molecule has 3 aromatic rings. The summed E-state index contributed by atoms with van der Waals surface area (Å²) in [6.45, 7) is 1.99. The number of benzene rings is 2. The number of nitrogens with one attached hydrogen (secondary N) is 1. The molecule has 1 saturated carbocycles. The van der Waals surface area contributed by atoms with Gasteiger partial charge in [-0.05, 0) is 75.1 Å². The smallest absolute Gasteiger partial charge is 0.255 e. The minimum absolute atomic E-state index is 0.152. The van der Waals surface area contributed by atoms with Crippen molar-refractivity contribution in [2.24, 2.45) is 0 Å². The molecule has 1 N–H and O–H groups in total. The Kier molecular flexibility index (Phi) is 4.92. The first-order valence-electron chi connectivity index (χ1n) is 9.39. The van der Waals surface area contributed by atoms with Crippen molar-refractivity contribution in [3.8, 4) is 11.4 Å². The van der Waals surface area contributed by atoms with E-state index in [0.717, 1.165) is 30.0 Å². The van der Waals surface area contributed by atoms with Gasteiger partial charge in [0.25, 0.3) is 5.91 Å². The van der Waals surface area contributed by atoms with Crippen molar-refractivity contribution in [1.29, 1.82) is 0 Å². The first kappa shape index (κ1) is 17.3. The summed E-state index contributed by atoms with van der Waals surface area (Å²) < 4.78 is 7.94. The highest BCUT2D eigenvalue weighted by Gasteiger charge is 2.18. The zero-order chi connectivity index (χ0) is 18.6. The van der Waals surface area contributed by atoms with Gasteiger partial charge >= 0.3 is 0 Å². The van der Waals surface area contributed by atoms with E-state index in [-0.39, 0.29) is 12.0 Å². The van der Waals surface area contributed by atoms with Crippen molar-refractivity contribution in [1.82, 2.24) is 9.78 Å². The highest BCUT2D eigenvalue weighted by molar-refractivity contribution is 6.05. The van der Waals surface area contributed by atoms with Crippen molar-refractivity contribution in [3.63, 3.8) is 0 Å². The highest BCUT2D eigenvalue weighted by Crippen LogP contribution is 2.30. The van der Waals surface area contributed by atoms with Gasteiger partial charge in [0.15, 0.2) is 0 Å². The molecule has 5 heteroatoms. The Morgan fingerprint density at radius 2 is 1.81 bits per heavy atom. The number of para-hydroxylation sites is 2. The van der Waals surface area contributed by atoms with E-state index in [9.17, 15) is 4.79 Å². The lowest BCUT2D eigenvalue weighted by molar-refractivity contribution is 0.102. The van der Waals surface area contributed by atoms with Crippen LogP contribution in [0.5, 0.6) is 5.75 Å². The molecular weight excluding hydrogens is 338 g/mol. The number of ether oxygens (including phenoxy) is 1. The van der Waals surface area contributed by atoms with E-state index in [2.05, 4.69) is 10.4 Å². The number of amides is 1. The fourth-order valence-corrected chi connectivity index (χ4v) is 3.45. The molecule has 0 atom stereocenters. The molecule has 4 rings (SSSR count). The molecule has 1 aliphatic carbocycles. The van der Waals surface area contributed by atoms with Crippen LogP contribution >= 0.6 is 0 Å². The van der Waals surface area contributed by atoms with Crippen molar-refractivity contribution < 1.29 is 9.53 Å². The van der Waals surface area contributed by atoms with Crippen molar-refractivity contribution in [3.05, 3.63) is 72.1 Å². The van der Waals surface area contributed by atoms with Crippen LogP contribution in [0.1, 0.15) is 41.7 Å². The number of rotatable bonds is 5. The Bertz CT molecular complexity index is 925. The van der Waals surface area contributed by atoms with Crippen LogP contribution in [-0.4, -0.2) is 21.8 Å². The summed E-state index contributed by atoms with van der Waals surface area (Å²) >= 11 is 0. The average Bonchev–Trinajstić information content (AvgIpc) is 3.35. The molecule has 0 aliphatic heterocycles. The summed E-state index contributed by atoms with van der Waals surface area (Å²) in [5.74, 6) is 0.586. The van der Waals surface area contributed by atoms with Gasteiger partial charge in [-0.1, -0.05) is 12.1 Å². The predicted octanol–water partition coefficient (Wildman–Crippen LogP) is 4.75. The number of nitrogens with zero attached hydrogens (tertiary/aromatic N) is 2. The van der Waals surface area contributed by atoms with Gasteiger partial charge in [0.1, 0.15) is 5.75 Å². The number of aromatic nitrogens is 2. The number of anilines is 1. The molecule has 27 heavy (non-hydrogen) atoms. The molecule has 1 aliphatic rings. The van der Waals surface area contributed by atoms with Gasteiger partial charge in [-0.15, -0.1) is 0 Å². The van der Waals surface area contributed by atoms with Gasteiger partial charge in [-0.25, -0.2) is 4.68 Å². The molecule has 138 valence electrons. The minimum atomic E-state index is -0.152. The second-order valence-electron chi connectivity index (χ2n) is 6.91. The Morgan fingerprint density at radius 1 is 1.07 bits per heavy atom. The van der Waals surface area contributed by atoms with E-state index in [0.29, 0.717) is 11.3 Å². The molecule has 0 unspecified atom stereocenters. The lowest BCUT2D eigenvalue weighted by Gasteiger charge is -2.17. The van der Waals surface area contributed by atoms with Crippen LogP contribution in [0.3, 0.4) is 0 Å². The minimum Gasteiger partial charge on any atom is -0.488 e. The Morgan fingerprint density at radius 3 is 2.52 bits per heavy atom. The second kappa shape index (κ2) is 7.66. The Hall–Kier alpha value is -3.08. The van der Waals surface area contributed by atoms with Gasteiger partial charge in [0.2, 0.25) is 0 Å². The second-order valence-corrected chi connectivity index (χ2v) is 6.91. The molecule has 1 heterocycles. The molecule has 2 aromatic carbocycles. The van der Waals surface area contributed by atoms with E-state index < -0.39 is 0 Å². The summed E-state index contributed by atoms with van der Waals surface area (Å²) in [5.41, 5.74) is 3.28. The zero-order valence-electron chi connectivity index (χ0n) is 15.4. The molecule has 1 amide bonds. The van der Waals surface area contributed by atoms with E-state index in [4.69, 9.17) is 4.74 Å². The van der Waals surface area contributed by atoms with Crippen LogP contribution in [0.25, 0.3) is 5.69 Å². The van der Waals surface area contributed by atoms with Crippen LogP contribution in [0.15, 0.2) is 60.8 Å². The molecule has 1 aromatic heterocycles. The summed E-state index contributed by atoms with van der Waals surface area (Å²) in [7, 11) is 0. The highest BCUT2D eigenvalue weighted by atomic mass is 16.5. The van der Waals surface area contributed by atoms with Gasteiger partial charge in [0.05, 0.1) is 17.5 Å². The van der Waals surface area contributed by atoms with Gasteiger partial charge in [-0.2, -0.15) is 5.10 Å². The van der Waals surface area contributed by atoms with Crippen molar-refractivity contribution in [2.45, 2.75) is 38.7 Å². The third kappa shape index (κ3) is 3.87. The molecule has 0 bridgehead atoms. The Labute approximate surface area is 159 Å². The lowest BCUT2D eigenvalue weighted by Crippen LogP contribution is -2.16. The maximum atomic E-state index is 12.7. The summed E-state index contributed by atoms with van der Waals surface area (Å²) in [6.07, 6.45) is 6.59. The van der Waals surface area contributed by atoms with E-state index in [1.165, 1.54) is 12.8 Å². The van der Waals surface area contributed by atoms with Crippen molar-refractivity contribution in [2.75, 3.05) is 5.32 Å². The fourth-order valence-electron chi connectivity index (χ4n) is 3.45. The molecular formula is C22H23N3O2. The molecule has 5 nitrogen and oxygen atoms in total. The number of carbonyl (C=O) groups is 1.